The van der Waals surface area contributed by atoms with Gasteiger partial charge in [0, 0.05) is 18.3 Å². The number of ether oxygens (including phenoxy) is 1. The second kappa shape index (κ2) is 7.45. The van der Waals surface area contributed by atoms with Gasteiger partial charge in [-0.25, -0.2) is 0 Å². The van der Waals surface area contributed by atoms with E-state index in [1.54, 1.807) is 6.07 Å². The minimum absolute atomic E-state index is 0.210. The van der Waals surface area contributed by atoms with Gasteiger partial charge in [-0.15, -0.1) is 11.3 Å². The lowest BCUT2D eigenvalue weighted by atomic mass is 10.3. The van der Waals surface area contributed by atoms with Crippen LogP contribution in [0.4, 0.5) is 5.69 Å². The summed E-state index contributed by atoms with van der Waals surface area (Å²) in [5.41, 5.74) is 0.742. The molecule has 0 aliphatic heterocycles. The van der Waals surface area contributed by atoms with Gasteiger partial charge in [-0.05, 0) is 26.2 Å². The highest BCUT2D eigenvalue weighted by molar-refractivity contribution is 7.18. The van der Waals surface area contributed by atoms with Gasteiger partial charge in [-0.2, -0.15) is 0 Å². The standard InChI is InChI=1S/C15H17ClN2O2S/c1-18(2)8-9-20-12-10-13(16)21-14(12)15(19)17-11-6-4-3-5-7-11/h3-7,10H,8-9H2,1-2H3,(H,17,19). The molecule has 0 unspecified atom stereocenters. The molecule has 112 valence electrons. The molecule has 0 bridgehead atoms. The Kier molecular flexibility index (Phi) is 5.61. The number of hydrogen-bond donors (Lipinski definition) is 1. The summed E-state index contributed by atoms with van der Waals surface area (Å²) < 4.78 is 6.19. The van der Waals surface area contributed by atoms with Crippen molar-refractivity contribution in [2.45, 2.75) is 0 Å². The molecule has 0 spiro atoms. The number of thiophene rings is 1. The highest BCUT2D eigenvalue weighted by Gasteiger charge is 2.17. The Morgan fingerprint density at radius 2 is 2.05 bits per heavy atom. The third-order valence-electron chi connectivity index (χ3n) is 2.70. The van der Waals surface area contributed by atoms with Gasteiger partial charge in [0.2, 0.25) is 0 Å². The van der Waals surface area contributed by atoms with Crippen LogP contribution in [0.3, 0.4) is 0 Å². The summed E-state index contributed by atoms with van der Waals surface area (Å²) in [6.07, 6.45) is 0. The lowest BCUT2D eigenvalue weighted by Gasteiger charge is -2.11. The molecular weight excluding hydrogens is 308 g/mol. The average Bonchev–Trinajstić information content (AvgIpc) is 2.81. The highest BCUT2D eigenvalue weighted by Crippen LogP contribution is 2.33. The summed E-state index contributed by atoms with van der Waals surface area (Å²) in [7, 11) is 3.93. The lowest BCUT2D eigenvalue weighted by molar-refractivity contribution is 0.102. The number of nitrogens with zero attached hydrogens (tertiary/aromatic N) is 1. The Bertz CT molecular complexity index is 599. The van der Waals surface area contributed by atoms with Crippen molar-refractivity contribution in [3.8, 4) is 5.75 Å². The number of hydrogen-bond acceptors (Lipinski definition) is 4. The first-order chi connectivity index (χ1) is 10.1. The third kappa shape index (κ3) is 4.74. The Morgan fingerprint density at radius 1 is 1.33 bits per heavy atom. The number of halogens is 1. The van der Waals surface area contributed by atoms with Gasteiger partial charge in [-0.1, -0.05) is 29.8 Å². The van der Waals surface area contributed by atoms with E-state index >= 15 is 0 Å². The van der Waals surface area contributed by atoms with Crippen LogP contribution in [-0.2, 0) is 0 Å². The first-order valence-corrected chi connectivity index (χ1v) is 7.69. The predicted octanol–water partition coefficient (Wildman–Crippen LogP) is 3.59. The minimum atomic E-state index is -0.210. The molecule has 0 saturated heterocycles. The molecule has 2 rings (SSSR count). The monoisotopic (exact) mass is 324 g/mol. The topological polar surface area (TPSA) is 41.6 Å². The van der Waals surface area contributed by atoms with Gasteiger partial charge in [0.25, 0.3) is 5.91 Å². The molecule has 0 atom stereocenters. The molecule has 21 heavy (non-hydrogen) atoms. The Balaban J connectivity index is 2.06. The number of carbonyl (C=O) groups is 1. The van der Waals surface area contributed by atoms with E-state index in [2.05, 4.69) is 5.32 Å². The predicted molar refractivity (Wildman–Crippen MR) is 87.8 cm³/mol. The highest BCUT2D eigenvalue weighted by atomic mass is 35.5. The van der Waals surface area contributed by atoms with Crippen molar-refractivity contribution in [3.63, 3.8) is 0 Å². The molecule has 0 fully saturated rings. The maximum Gasteiger partial charge on any atom is 0.269 e. The van der Waals surface area contributed by atoms with Crippen LogP contribution < -0.4 is 10.1 Å². The summed E-state index contributed by atoms with van der Waals surface area (Å²) in [4.78, 5) is 14.8. The zero-order valence-corrected chi connectivity index (χ0v) is 13.5. The fourth-order valence-corrected chi connectivity index (χ4v) is 2.71. The largest absolute Gasteiger partial charge is 0.490 e. The van der Waals surface area contributed by atoms with Crippen molar-refractivity contribution < 1.29 is 9.53 Å². The molecule has 1 aromatic heterocycles. The second-order valence-corrected chi connectivity index (χ2v) is 6.40. The van der Waals surface area contributed by atoms with E-state index in [4.69, 9.17) is 16.3 Å². The molecular formula is C15H17ClN2O2S. The van der Waals surface area contributed by atoms with E-state index < -0.39 is 0 Å². The number of rotatable bonds is 6. The van der Waals surface area contributed by atoms with Crippen molar-refractivity contribution in [1.82, 2.24) is 4.90 Å². The van der Waals surface area contributed by atoms with Gasteiger partial charge >= 0.3 is 0 Å². The molecule has 0 aliphatic rings. The van der Waals surface area contributed by atoms with Crippen LogP contribution in [0.1, 0.15) is 9.67 Å². The normalized spacial score (nSPS) is 10.7. The molecule has 0 radical (unpaired) electrons. The van der Waals surface area contributed by atoms with E-state index in [-0.39, 0.29) is 5.91 Å². The number of amides is 1. The Morgan fingerprint density at radius 3 is 2.71 bits per heavy atom. The summed E-state index contributed by atoms with van der Waals surface area (Å²) in [5.74, 6) is 0.318. The molecule has 1 amide bonds. The smallest absolute Gasteiger partial charge is 0.269 e. The zero-order valence-electron chi connectivity index (χ0n) is 11.9. The van der Waals surface area contributed by atoms with Crippen LogP contribution >= 0.6 is 22.9 Å². The molecule has 1 aromatic carbocycles. The number of benzene rings is 1. The van der Waals surface area contributed by atoms with E-state index in [0.29, 0.717) is 21.6 Å². The van der Waals surface area contributed by atoms with Crippen molar-refractivity contribution in [2.24, 2.45) is 0 Å². The molecule has 2 aromatic rings. The SMILES string of the molecule is CN(C)CCOc1cc(Cl)sc1C(=O)Nc1ccccc1. The molecule has 0 saturated carbocycles. The number of para-hydroxylation sites is 1. The third-order valence-corrected chi connectivity index (χ3v) is 3.95. The number of anilines is 1. The van der Waals surface area contributed by atoms with Gasteiger partial charge in [0.15, 0.2) is 0 Å². The van der Waals surface area contributed by atoms with Gasteiger partial charge < -0.3 is 15.0 Å². The number of nitrogens with one attached hydrogen (secondary N) is 1. The summed E-state index contributed by atoms with van der Waals surface area (Å²) in [5, 5.41) is 2.83. The second-order valence-electron chi connectivity index (χ2n) is 4.72. The molecule has 0 aliphatic carbocycles. The molecule has 1 heterocycles. The maximum absolute atomic E-state index is 12.3. The zero-order chi connectivity index (χ0) is 15.2. The fraction of sp³-hybridized carbons (Fsp3) is 0.267. The lowest BCUT2D eigenvalue weighted by Crippen LogP contribution is -2.20. The number of likely N-dealkylation sites (N-methyl/N-ethyl adjacent to an activating group) is 1. The van der Waals surface area contributed by atoms with Gasteiger partial charge in [-0.3, -0.25) is 4.79 Å². The van der Waals surface area contributed by atoms with E-state index in [9.17, 15) is 4.79 Å². The van der Waals surface area contributed by atoms with E-state index in [1.165, 1.54) is 11.3 Å². The van der Waals surface area contributed by atoms with Crippen LogP contribution in [0, 0.1) is 0 Å². The van der Waals surface area contributed by atoms with Gasteiger partial charge in [0.1, 0.15) is 17.2 Å². The van der Waals surface area contributed by atoms with E-state index in [1.807, 2.05) is 49.3 Å². The van der Waals surface area contributed by atoms with Gasteiger partial charge in [0.05, 0.1) is 4.34 Å². The van der Waals surface area contributed by atoms with Crippen LogP contribution in [0.15, 0.2) is 36.4 Å². The average molecular weight is 325 g/mol. The van der Waals surface area contributed by atoms with Crippen molar-refractivity contribution in [3.05, 3.63) is 45.6 Å². The van der Waals surface area contributed by atoms with Crippen LogP contribution in [0.5, 0.6) is 5.75 Å². The minimum Gasteiger partial charge on any atom is -0.490 e. The first kappa shape index (κ1) is 15.8. The van der Waals surface area contributed by atoms with Crippen LogP contribution in [0.2, 0.25) is 4.34 Å². The number of carbonyl (C=O) groups excluding carboxylic acids is 1. The molecule has 1 N–H and O–H groups in total. The summed E-state index contributed by atoms with van der Waals surface area (Å²) >= 11 is 7.22. The quantitative estimate of drug-likeness (QED) is 0.882. The summed E-state index contributed by atoms with van der Waals surface area (Å²) in [6, 6.07) is 11.0. The Labute approximate surface area is 133 Å². The fourth-order valence-electron chi connectivity index (χ4n) is 1.66. The molecule has 6 heteroatoms. The van der Waals surface area contributed by atoms with Crippen molar-refractivity contribution in [2.75, 3.05) is 32.6 Å². The maximum atomic E-state index is 12.3. The van der Waals surface area contributed by atoms with Crippen molar-refractivity contribution >= 4 is 34.5 Å². The Hall–Kier alpha value is -1.56. The van der Waals surface area contributed by atoms with Crippen LogP contribution in [-0.4, -0.2) is 38.1 Å². The first-order valence-electron chi connectivity index (χ1n) is 6.49. The van der Waals surface area contributed by atoms with Crippen LogP contribution in [0.25, 0.3) is 0 Å². The van der Waals surface area contributed by atoms with E-state index in [0.717, 1.165) is 12.2 Å². The summed E-state index contributed by atoms with van der Waals surface area (Å²) in [6.45, 7) is 1.28. The molecule has 4 nitrogen and oxygen atoms in total. The van der Waals surface area contributed by atoms with Crippen molar-refractivity contribution in [1.29, 1.82) is 0 Å².